The number of hydrogen-bond donors (Lipinski definition) is 2. The summed E-state index contributed by atoms with van der Waals surface area (Å²) >= 11 is 1.54. The summed E-state index contributed by atoms with van der Waals surface area (Å²) in [5.41, 5.74) is 1.36. The fourth-order valence-corrected chi connectivity index (χ4v) is 2.74. The number of aliphatic hydroxyl groups is 1. The number of nitrogens with zero attached hydrogens (tertiary/aromatic N) is 1. The number of thiazole rings is 1. The average Bonchev–Trinajstić information content (AvgIpc) is 2.75. The van der Waals surface area contributed by atoms with Crippen LogP contribution in [-0.4, -0.2) is 16.0 Å². The molecule has 0 spiro atoms. The lowest BCUT2D eigenvalue weighted by Crippen LogP contribution is -2.24. The summed E-state index contributed by atoms with van der Waals surface area (Å²) in [5.74, 6) is -0.724. The van der Waals surface area contributed by atoms with Crippen molar-refractivity contribution in [1.29, 1.82) is 0 Å². The van der Waals surface area contributed by atoms with Gasteiger partial charge in [0.15, 0.2) is 0 Å². The molecule has 0 aliphatic carbocycles. The van der Waals surface area contributed by atoms with Gasteiger partial charge in [-0.1, -0.05) is 12.1 Å². The zero-order valence-electron chi connectivity index (χ0n) is 11.9. The highest BCUT2D eigenvalue weighted by molar-refractivity contribution is 7.11. The van der Waals surface area contributed by atoms with Crippen LogP contribution in [0, 0.1) is 19.7 Å². The molecule has 1 unspecified atom stereocenters. The maximum absolute atomic E-state index is 13.1. The molecule has 21 heavy (non-hydrogen) atoms. The van der Waals surface area contributed by atoms with E-state index in [1.807, 2.05) is 13.8 Å². The van der Waals surface area contributed by atoms with E-state index in [1.54, 1.807) is 6.07 Å². The minimum atomic E-state index is -1.01. The second kappa shape index (κ2) is 6.78. The van der Waals surface area contributed by atoms with E-state index in [-0.39, 0.29) is 12.3 Å². The lowest BCUT2D eigenvalue weighted by Gasteiger charge is -2.10. The molecule has 1 atom stereocenters. The Bertz CT molecular complexity index is 623. The lowest BCUT2D eigenvalue weighted by molar-refractivity contribution is -0.123. The molecule has 0 saturated carbocycles. The number of carbonyl (C=O) groups excluding carboxylic acids is 1. The monoisotopic (exact) mass is 308 g/mol. The van der Waals surface area contributed by atoms with Crippen molar-refractivity contribution in [1.82, 2.24) is 10.3 Å². The highest BCUT2D eigenvalue weighted by Gasteiger charge is 2.14. The molecule has 0 saturated heterocycles. The Balaban J connectivity index is 1.86. The molecule has 0 aliphatic heterocycles. The van der Waals surface area contributed by atoms with Gasteiger partial charge in [0.05, 0.1) is 24.8 Å². The number of nitrogens with one attached hydrogen (secondary N) is 1. The summed E-state index contributed by atoms with van der Waals surface area (Å²) in [6.45, 7) is 4.24. The fourth-order valence-electron chi connectivity index (χ4n) is 1.87. The first-order valence-corrected chi connectivity index (χ1v) is 7.40. The Morgan fingerprint density at radius 2 is 2.24 bits per heavy atom. The predicted octanol–water partition coefficient (Wildman–Crippen LogP) is 2.64. The van der Waals surface area contributed by atoms with Crippen LogP contribution in [0.2, 0.25) is 0 Å². The van der Waals surface area contributed by atoms with Gasteiger partial charge < -0.3 is 10.4 Å². The van der Waals surface area contributed by atoms with Gasteiger partial charge in [0.25, 0.3) is 0 Å². The van der Waals surface area contributed by atoms with E-state index in [2.05, 4.69) is 10.3 Å². The molecule has 1 amide bonds. The van der Waals surface area contributed by atoms with E-state index in [9.17, 15) is 14.3 Å². The zero-order valence-corrected chi connectivity index (χ0v) is 12.7. The Hall–Kier alpha value is -1.79. The summed E-state index contributed by atoms with van der Waals surface area (Å²) in [7, 11) is 0. The molecule has 6 heteroatoms. The van der Waals surface area contributed by atoms with E-state index >= 15 is 0 Å². The van der Waals surface area contributed by atoms with Gasteiger partial charge in [-0.05, 0) is 31.5 Å². The predicted molar refractivity (Wildman–Crippen MR) is 79.4 cm³/mol. The first kappa shape index (κ1) is 15.6. The molecule has 1 heterocycles. The Morgan fingerprint density at radius 3 is 2.86 bits per heavy atom. The van der Waals surface area contributed by atoms with Crippen LogP contribution in [0.3, 0.4) is 0 Å². The topological polar surface area (TPSA) is 62.2 Å². The van der Waals surface area contributed by atoms with Crippen LogP contribution in [0.25, 0.3) is 0 Å². The van der Waals surface area contributed by atoms with Crippen LogP contribution < -0.4 is 5.32 Å². The molecule has 0 aliphatic rings. The van der Waals surface area contributed by atoms with Crippen LogP contribution in [0.5, 0.6) is 0 Å². The quantitative estimate of drug-likeness (QED) is 0.892. The smallest absolute Gasteiger partial charge is 0.223 e. The maximum atomic E-state index is 13.1. The summed E-state index contributed by atoms with van der Waals surface area (Å²) in [5, 5.41) is 13.5. The van der Waals surface area contributed by atoms with Crippen LogP contribution in [0.15, 0.2) is 24.3 Å². The van der Waals surface area contributed by atoms with Crippen molar-refractivity contribution in [3.8, 4) is 0 Å². The largest absolute Gasteiger partial charge is 0.388 e. The summed E-state index contributed by atoms with van der Waals surface area (Å²) in [6, 6.07) is 5.62. The molecule has 0 radical (unpaired) electrons. The summed E-state index contributed by atoms with van der Waals surface area (Å²) < 4.78 is 13.1. The van der Waals surface area contributed by atoms with Gasteiger partial charge in [0.2, 0.25) is 5.91 Å². The molecular formula is C15H17FN2O2S. The number of aromatic nitrogens is 1. The standard InChI is InChI=1S/C15H17FN2O2S/c1-9-10(2)21-15(18-9)8-17-14(20)7-13(19)11-4-3-5-12(16)6-11/h3-6,13,19H,7-8H2,1-2H3,(H,17,20). The number of benzene rings is 1. The molecule has 1 aromatic carbocycles. The first-order chi connectivity index (χ1) is 9.95. The third-order valence-corrected chi connectivity index (χ3v) is 4.19. The Kier molecular flexibility index (Phi) is 5.03. The van der Waals surface area contributed by atoms with Crippen molar-refractivity contribution in [2.45, 2.75) is 32.9 Å². The van der Waals surface area contributed by atoms with E-state index in [0.29, 0.717) is 12.1 Å². The second-order valence-electron chi connectivity index (χ2n) is 4.80. The van der Waals surface area contributed by atoms with Crippen molar-refractivity contribution in [3.63, 3.8) is 0 Å². The molecule has 2 rings (SSSR count). The highest BCUT2D eigenvalue weighted by Crippen LogP contribution is 2.18. The number of amides is 1. The van der Waals surface area contributed by atoms with Crippen molar-refractivity contribution < 1.29 is 14.3 Å². The van der Waals surface area contributed by atoms with Gasteiger partial charge in [-0.15, -0.1) is 11.3 Å². The van der Waals surface area contributed by atoms with E-state index < -0.39 is 11.9 Å². The molecule has 0 fully saturated rings. The molecule has 2 N–H and O–H groups in total. The Labute approximate surface area is 126 Å². The van der Waals surface area contributed by atoms with Gasteiger partial charge in [-0.2, -0.15) is 0 Å². The van der Waals surface area contributed by atoms with Gasteiger partial charge in [-0.3, -0.25) is 4.79 Å². The number of carbonyl (C=O) groups is 1. The van der Waals surface area contributed by atoms with Crippen molar-refractivity contribution >= 4 is 17.2 Å². The third kappa shape index (κ3) is 4.34. The van der Waals surface area contributed by atoms with Crippen LogP contribution in [0.1, 0.15) is 33.7 Å². The van der Waals surface area contributed by atoms with E-state index in [4.69, 9.17) is 0 Å². The van der Waals surface area contributed by atoms with Crippen molar-refractivity contribution in [2.24, 2.45) is 0 Å². The van der Waals surface area contributed by atoms with Crippen molar-refractivity contribution in [2.75, 3.05) is 0 Å². The number of aliphatic hydroxyl groups excluding tert-OH is 1. The average molecular weight is 308 g/mol. The normalized spacial score (nSPS) is 12.2. The third-order valence-electron chi connectivity index (χ3n) is 3.12. The SMILES string of the molecule is Cc1nc(CNC(=O)CC(O)c2cccc(F)c2)sc1C. The van der Waals surface area contributed by atoms with Gasteiger partial charge in [-0.25, -0.2) is 9.37 Å². The minimum absolute atomic E-state index is 0.104. The summed E-state index contributed by atoms with van der Waals surface area (Å²) in [4.78, 5) is 17.2. The van der Waals surface area contributed by atoms with Crippen LogP contribution >= 0.6 is 11.3 Å². The summed E-state index contributed by atoms with van der Waals surface area (Å²) in [6.07, 6.45) is -1.12. The van der Waals surface area contributed by atoms with E-state index in [1.165, 1.54) is 29.5 Å². The molecule has 0 bridgehead atoms. The zero-order chi connectivity index (χ0) is 15.4. The highest BCUT2D eigenvalue weighted by atomic mass is 32.1. The van der Waals surface area contributed by atoms with Gasteiger partial charge in [0.1, 0.15) is 10.8 Å². The fraction of sp³-hybridized carbons (Fsp3) is 0.333. The second-order valence-corrected chi connectivity index (χ2v) is 6.09. The Morgan fingerprint density at radius 1 is 1.48 bits per heavy atom. The van der Waals surface area contributed by atoms with Gasteiger partial charge >= 0.3 is 0 Å². The van der Waals surface area contributed by atoms with Gasteiger partial charge in [0, 0.05) is 4.88 Å². The maximum Gasteiger partial charge on any atom is 0.223 e. The number of halogens is 1. The van der Waals surface area contributed by atoms with Crippen LogP contribution in [0.4, 0.5) is 4.39 Å². The van der Waals surface area contributed by atoms with Crippen molar-refractivity contribution in [3.05, 3.63) is 51.2 Å². The first-order valence-electron chi connectivity index (χ1n) is 6.59. The number of rotatable bonds is 5. The lowest BCUT2D eigenvalue weighted by atomic mass is 10.1. The molecule has 2 aromatic rings. The number of hydrogen-bond acceptors (Lipinski definition) is 4. The molecule has 1 aromatic heterocycles. The molecule has 4 nitrogen and oxygen atoms in total. The minimum Gasteiger partial charge on any atom is -0.388 e. The van der Waals surface area contributed by atoms with E-state index in [0.717, 1.165) is 15.6 Å². The molecular weight excluding hydrogens is 291 g/mol. The van der Waals surface area contributed by atoms with Crippen LogP contribution in [-0.2, 0) is 11.3 Å². The number of aryl methyl sites for hydroxylation is 2. The molecule has 112 valence electrons.